The van der Waals surface area contributed by atoms with Gasteiger partial charge in [-0.1, -0.05) is 35.5 Å². The Hall–Kier alpha value is -2.38. The molecule has 0 aliphatic rings. The molecule has 0 aliphatic carbocycles. The Morgan fingerprint density at radius 3 is 2.59 bits per heavy atom. The lowest BCUT2D eigenvalue weighted by molar-refractivity contribution is 0.414. The monoisotopic (exact) mass is 318 g/mol. The van der Waals surface area contributed by atoms with Crippen LogP contribution in [0.15, 0.2) is 62.5 Å². The van der Waals surface area contributed by atoms with Crippen LogP contribution in [0.5, 0.6) is 0 Å². The highest BCUT2D eigenvalue weighted by molar-refractivity contribution is 7.89. The van der Waals surface area contributed by atoms with Gasteiger partial charge in [-0.3, -0.25) is 0 Å². The maximum atomic E-state index is 12.4. The molecule has 0 unspecified atom stereocenters. The van der Waals surface area contributed by atoms with Crippen molar-refractivity contribution in [2.24, 2.45) is 0 Å². The summed E-state index contributed by atoms with van der Waals surface area (Å²) in [7, 11) is -3.67. The fourth-order valence-electron chi connectivity index (χ4n) is 2.05. The SMILES string of the molecule is Cc1oc(-c2ccno2)cc1S(=O)(=O)NCc1ccccc1. The van der Waals surface area contributed by atoms with E-state index in [4.69, 9.17) is 8.94 Å². The zero-order valence-electron chi connectivity index (χ0n) is 11.8. The quantitative estimate of drug-likeness (QED) is 0.782. The molecule has 2 aromatic heterocycles. The van der Waals surface area contributed by atoms with Crippen LogP contribution in [0.25, 0.3) is 11.5 Å². The molecule has 22 heavy (non-hydrogen) atoms. The second-order valence-corrected chi connectivity index (χ2v) is 6.45. The summed E-state index contributed by atoms with van der Waals surface area (Å²) in [6, 6.07) is 12.3. The standard InChI is InChI=1S/C15H14N2O4S/c1-11-15(9-14(20-11)13-7-8-16-21-13)22(18,19)17-10-12-5-3-2-4-6-12/h2-9,17H,10H2,1H3. The molecule has 2 heterocycles. The molecule has 114 valence electrons. The summed E-state index contributed by atoms with van der Waals surface area (Å²) in [5.41, 5.74) is 0.877. The van der Waals surface area contributed by atoms with Gasteiger partial charge in [0.05, 0.1) is 6.20 Å². The Kier molecular flexibility index (Phi) is 3.82. The molecule has 3 rings (SSSR count). The van der Waals surface area contributed by atoms with Gasteiger partial charge in [-0.25, -0.2) is 13.1 Å². The van der Waals surface area contributed by atoms with Gasteiger partial charge in [-0.2, -0.15) is 0 Å². The van der Waals surface area contributed by atoms with Gasteiger partial charge in [0.2, 0.25) is 15.8 Å². The third-order valence-corrected chi connectivity index (χ3v) is 4.66. The highest BCUT2D eigenvalue weighted by atomic mass is 32.2. The van der Waals surface area contributed by atoms with Gasteiger partial charge in [0, 0.05) is 18.7 Å². The summed E-state index contributed by atoms with van der Waals surface area (Å²) >= 11 is 0. The lowest BCUT2D eigenvalue weighted by atomic mass is 10.2. The van der Waals surface area contributed by atoms with Crippen molar-refractivity contribution in [1.82, 2.24) is 9.88 Å². The predicted octanol–water partition coefficient (Wildman–Crippen LogP) is 2.72. The van der Waals surface area contributed by atoms with E-state index in [9.17, 15) is 8.42 Å². The second-order valence-electron chi connectivity index (χ2n) is 4.72. The normalized spacial score (nSPS) is 11.7. The fourth-order valence-corrected chi connectivity index (χ4v) is 3.24. The third kappa shape index (κ3) is 2.95. The van der Waals surface area contributed by atoms with Crippen LogP contribution in [0.3, 0.4) is 0 Å². The first-order chi connectivity index (χ1) is 10.6. The van der Waals surface area contributed by atoms with Crippen LogP contribution in [-0.2, 0) is 16.6 Å². The molecule has 0 radical (unpaired) electrons. The van der Waals surface area contributed by atoms with Crippen LogP contribution in [-0.4, -0.2) is 13.6 Å². The van der Waals surface area contributed by atoms with E-state index in [1.807, 2.05) is 30.3 Å². The van der Waals surface area contributed by atoms with Crippen molar-refractivity contribution in [1.29, 1.82) is 0 Å². The number of furan rings is 1. The number of rotatable bonds is 5. The van der Waals surface area contributed by atoms with Crippen LogP contribution in [0.4, 0.5) is 0 Å². The van der Waals surface area contributed by atoms with E-state index in [0.717, 1.165) is 5.56 Å². The van der Waals surface area contributed by atoms with Crippen molar-refractivity contribution in [2.45, 2.75) is 18.4 Å². The predicted molar refractivity (Wildman–Crippen MR) is 79.4 cm³/mol. The van der Waals surface area contributed by atoms with Gasteiger partial charge < -0.3 is 8.94 Å². The fraction of sp³-hybridized carbons (Fsp3) is 0.133. The Labute approximate surface area is 127 Å². The average Bonchev–Trinajstić information content (AvgIpc) is 3.15. The van der Waals surface area contributed by atoms with Gasteiger partial charge in [-0.05, 0) is 12.5 Å². The Morgan fingerprint density at radius 2 is 1.91 bits per heavy atom. The molecule has 0 spiro atoms. The van der Waals surface area contributed by atoms with Crippen LogP contribution >= 0.6 is 0 Å². The second kappa shape index (κ2) is 5.78. The summed E-state index contributed by atoms with van der Waals surface area (Å²) in [5.74, 6) is 1.01. The lowest BCUT2D eigenvalue weighted by Crippen LogP contribution is -2.23. The Morgan fingerprint density at radius 1 is 1.14 bits per heavy atom. The number of aromatic nitrogens is 1. The number of hydrogen-bond acceptors (Lipinski definition) is 5. The van der Waals surface area contributed by atoms with Crippen LogP contribution in [0.2, 0.25) is 0 Å². The summed E-state index contributed by atoms with van der Waals surface area (Å²) in [6.07, 6.45) is 1.47. The molecule has 1 aromatic carbocycles. The molecule has 0 saturated heterocycles. The van der Waals surface area contributed by atoms with Gasteiger partial charge in [-0.15, -0.1) is 0 Å². The molecule has 1 N–H and O–H groups in total. The van der Waals surface area contributed by atoms with Crippen molar-refractivity contribution in [3.05, 3.63) is 60.0 Å². The minimum atomic E-state index is -3.67. The first-order valence-corrected chi connectivity index (χ1v) is 8.10. The number of nitrogens with zero attached hydrogens (tertiary/aromatic N) is 1. The highest BCUT2D eigenvalue weighted by Gasteiger charge is 2.22. The van der Waals surface area contributed by atoms with Crippen molar-refractivity contribution < 1.29 is 17.4 Å². The molecule has 0 amide bonds. The molecule has 3 aromatic rings. The summed E-state index contributed by atoms with van der Waals surface area (Å²) < 4.78 is 37.8. The van der Waals surface area contributed by atoms with Gasteiger partial charge in [0.1, 0.15) is 10.7 Å². The van der Waals surface area contributed by atoms with Crippen molar-refractivity contribution >= 4 is 10.0 Å². The topological polar surface area (TPSA) is 85.3 Å². The van der Waals surface area contributed by atoms with Gasteiger partial charge >= 0.3 is 0 Å². The molecule has 7 heteroatoms. The number of aryl methyl sites for hydroxylation is 1. The largest absolute Gasteiger partial charge is 0.457 e. The number of benzene rings is 1. The number of hydrogen-bond donors (Lipinski definition) is 1. The van der Waals surface area contributed by atoms with Crippen molar-refractivity contribution in [3.63, 3.8) is 0 Å². The minimum absolute atomic E-state index is 0.0924. The molecule has 0 saturated carbocycles. The maximum absolute atomic E-state index is 12.4. The van der Waals surface area contributed by atoms with E-state index >= 15 is 0 Å². The summed E-state index contributed by atoms with van der Waals surface area (Å²) in [6.45, 7) is 1.81. The Balaban J connectivity index is 1.83. The van der Waals surface area contributed by atoms with Gasteiger partial charge in [0.15, 0.2) is 5.76 Å². The third-order valence-electron chi connectivity index (χ3n) is 3.15. The molecule has 6 nitrogen and oxygen atoms in total. The number of sulfonamides is 1. The molecule has 0 aliphatic heterocycles. The first kappa shape index (κ1) is 14.6. The van der Waals surface area contributed by atoms with E-state index in [1.54, 1.807) is 13.0 Å². The minimum Gasteiger partial charge on any atom is -0.457 e. The van der Waals surface area contributed by atoms with Crippen LogP contribution < -0.4 is 4.72 Å². The molecule has 0 fully saturated rings. The van der Waals surface area contributed by atoms with Crippen LogP contribution in [0, 0.1) is 6.92 Å². The summed E-state index contributed by atoms with van der Waals surface area (Å²) in [4.78, 5) is 0.0924. The van der Waals surface area contributed by atoms with E-state index in [-0.39, 0.29) is 11.4 Å². The highest BCUT2D eigenvalue weighted by Crippen LogP contribution is 2.27. The average molecular weight is 318 g/mol. The van der Waals surface area contributed by atoms with E-state index in [2.05, 4.69) is 9.88 Å². The van der Waals surface area contributed by atoms with E-state index in [0.29, 0.717) is 17.3 Å². The zero-order chi connectivity index (χ0) is 15.6. The smallest absolute Gasteiger partial charge is 0.244 e. The number of nitrogens with one attached hydrogen (secondary N) is 1. The lowest BCUT2D eigenvalue weighted by Gasteiger charge is -2.05. The molecular formula is C15H14N2O4S. The molecule has 0 atom stereocenters. The van der Waals surface area contributed by atoms with Crippen LogP contribution in [0.1, 0.15) is 11.3 Å². The maximum Gasteiger partial charge on any atom is 0.244 e. The zero-order valence-corrected chi connectivity index (χ0v) is 12.6. The van der Waals surface area contributed by atoms with Crippen molar-refractivity contribution in [3.8, 4) is 11.5 Å². The molecule has 0 bridgehead atoms. The van der Waals surface area contributed by atoms with E-state index in [1.165, 1.54) is 12.3 Å². The van der Waals surface area contributed by atoms with E-state index < -0.39 is 10.0 Å². The van der Waals surface area contributed by atoms with Crippen molar-refractivity contribution in [2.75, 3.05) is 0 Å². The Bertz CT molecular complexity index is 852. The molecular weight excluding hydrogens is 304 g/mol. The van der Waals surface area contributed by atoms with Gasteiger partial charge in [0.25, 0.3) is 0 Å². The summed E-state index contributed by atoms with van der Waals surface area (Å²) in [5, 5.41) is 3.58. The first-order valence-electron chi connectivity index (χ1n) is 6.61.